The van der Waals surface area contributed by atoms with E-state index >= 15 is 0 Å². The van der Waals surface area contributed by atoms with E-state index in [-0.39, 0.29) is 11.3 Å². The number of benzene rings is 1. The van der Waals surface area contributed by atoms with Crippen molar-refractivity contribution >= 4 is 11.7 Å². The Morgan fingerprint density at radius 3 is 2.50 bits per heavy atom. The molecule has 0 spiro atoms. The predicted octanol–water partition coefficient (Wildman–Crippen LogP) is 2.57. The van der Waals surface area contributed by atoms with E-state index in [4.69, 9.17) is 5.11 Å². The van der Waals surface area contributed by atoms with Gasteiger partial charge in [0.1, 0.15) is 11.3 Å². The standard InChI is InChI=1S/C12H13NO3/c1-4-13(8(2)3)9-5-6-10(12(15)16)11(14)7-9/h4-7,14H,1-2H2,3H3,(H,15,16). The van der Waals surface area contributed by atoms with Gasteiger partial charge >= 0.3 is 5.97 Å². The number of hydrogen-bond donors (Lipinski definition) is 2. The number of nitrogens with zero attached hydrogens (tertiary/aromatic N) is 1. The maximum atomic E-state index is 10.7. The van der Waals surface area contributed by atoms with Crippen molar-refractivity contribution in [2.75, 3.05) is 4.90 Å². The summed E-state index contributed by atoms with van der Waals surface area (Å²) in [6.45, 7) is 9.14. The lowest BCUT2D eigenvalue weighted by Gasteiger charge is -2.20. The Kier molecular flexibility index (Phi) is 3.35. The smallest absolute Gasteiger partial charge is 0.339 e. The van der Waals surface area contributed by atoms with Gasteiger partial charge in [0.05, 0.1) is 0 Å². The minimum Gasteiger partial charge on any atom is -0.507 e. The number of carboxylic acids is 1. The Balaban J connectivity index is 3.19. The summed E-state index contributed by atoms with van der Waals surface area (Å²) in [5.41, 5.74) is 1.21. The van der Waals surface area contributed by atoms with E-state index in [1.807, 2.05) is 0 Å². The van der Waals surface area contributed by atoms with Crippen LogP contribution in [0.3, 0.4) is 0 Å². The average Bonchev–Trinajstić information content (AvgIpc) is 2.17. The van der Waals surface area contributed by atoms with E-state index in [2.05, 4.69) is 13.2 Å². The first-order valence-corrected chi connectivity index (χ1v) is 4.61. The molecule has 0 unspecified atom stereocenters. The molecule has 0 aliphatic heterocycles. The van der Waals surface area contributed by atoms with Crippen LogP contribution in [0.2, 0.25) is 0 Å². The second kappa shape index (κ2) is 4.53. The second-order valence-corrected chi connectivity index (χ2v) is 3.29. The quantitative estimate of drug-likeness (QED) is 0.817. The van der Waals surface area contributed by atoms with Gasteiger partial charge in [-0.1, -0.05) is 13.2 Å². The molecule has 4 heteroatoms. The van der Waals surface area contributed by atoms with E-state index in [1.54, 1.807) is 17.9 Å². The predicted molar refractivity (Wildman–Crippen MR) is 62.6 cm³/mol. The van der Waals surface area contributed by atoms with Crippen molar-refractivity contribution in [3.63, 3.8) is 0 Å². The molecule has 0 fully saturated rings. The van der Waals surface area contributed by atoms with Crippen molar-refractivity contribution in [2.45, 2.75) is 6.92 Å². The van der Waals surface area contributed by atoms with Gasteiger partial charge in [0.2, 0.25) is 0 Å². The molecule has 0 saturated heterocycles. The third kappa shape index (κ3) is 2.23. The molecule has 0 bridgehead atoms. The number of carbonyl (C=O) groups is 1. The normalized spacial score (nSPS) is 9.56. The topological polar surface area (TPSA) is 60.8 Å². The number of aromatic carboxylic acids is 1. The molecule has 0 aromatic heterocycles. The number of hydrogen-bond acceptors (Lipinski definition) is 3. The zero-order valence-corrected chi connectivity index (χ0v) is 8.97. The minimum atomic E-state index is -1.16. The third-order valence-corrected chi connectivity index (χ3v) is 2.08. The highest BCUT2D eigenvalue weighted by atomic mass is 16.4. The molecule has 2 N–H and O–H groups in total. The van der Waals surface area contributed by atoms with Gasteiger partial charge in [-0.3, -0.25) is 0 Å². The summed E-state index contributed by atoms with van der Waals surface area (Å²) in [5, 5.41) is 18.3. The molecule has 84 valence electrons. The van der Waals surface area contributed by atoms with Crippen LogP contribution in [0.1, 0.15) is 17.3 Å². The Labute approximate surface area is 93.8 Å². The van der Waals surface area contributed by atoms with Gasteiger partial charge in [-0.2, -0.15) is 0 Å². The molecule has 1 aromatic carbocycles. The highest BCUT2D eigenvalue weighted by molar-refractivity contribution is 5.91. The summed E-state index contributed by atoms with van der Waals surface area (Å²) in [6, 6.07) is 4.28. The van der Waals surface area contributed by atoms with Crippen molar-refractivity contribution in [1.82, 2.24) is 0 Å². The monoisotopic (exact) mass is 219 g/mol. The van der Waals surface area contributed by atoms with E-state index in [9.17, 15) is 9.90 Å². The van der Waals surface area contributed by atoms with Crippen molar-refractivity contribution in [1.29, 1.82) is 0 Å². The lowest BCUT2D eigenvalue weighted by molar-refractivity contribution is 0.0694. The molecule has 1 aromatic rings. The number of aromatic hydroxyl groups is 1. The summed E-state index contributed by atoms with van der Waals surface area (Å²) in [4.78, 5) is 12.3. The van der Waals surface area contributed by atoms with Crippen LogP contribution in [0.4, 0.5) is 5.69 Å². The van der Waals surface area contributed by atoms with Crippen molar-refractivity contribution in [3.05, 3.63) is 48.8 Å². The van der Waals surface area contributed by atoms with Crippen LogP contribution in [-0.4, -0.2) is 16.2 Å². The molecule has 0 saturated carbocycles. The molecule has 0 amide bonds. The summed E-state index contributed by atoms with van der Waals surface area (Å²) in [5.74, 6) is -1.44. The fourth-order valence-electron chi connectivity index (χ4n) is 1.33. The average molecular weight is 219 g/mol. The highest BCUT2D eigenvalue weighted by Gasteiger charge is 2.11. The number of carboxylic acid groups (broad SMARTS) is 1. The SMILES string of the molecule is C=CN(C(=C)C)c1ccc(C(=O)O)c(O)c1. The van der Waals surface area contributed by atoms with E-state index in [1.165, 1.54) is 18.3 Å². The van der Waals surface area contributed by atoms with Crippen LogP contribution in [0.5, 0.6) is 5.75 Å². The molecule has 16 heavy (non-hydrogen) atoms. The van der Waals surface area contributed by atoms with Crippen molar-refractivity contribution in [2.24, 2.45) is 0 Å². The zero-order chi connectivity index (χ0) is 12.3. The maximum absolute atomic E-state index is 10.7. The lowest BCUT2D eigenvalue weighted by atomic mass is 10.1. The molecule has 0 heterocycles. The van der Waals surface area contributed by atoms with Crippen LogP contribution in [0, 0.1) is 0 Å². The number of rotatable bonds is 4. The Bertz CT molecular complexity index is 452. The summed E-state index contributed by atoms with van der Waals surface area (Å²) >= 11 is 0. The number of phenols is 1. The fourth-order valence-corrected chi connectivity index (χ4v) is 1.33. The number of anilines is 1. The third-order valence-electron chi connectivity index (χ3n) is 2.08. The van der Waals surface area contributed by atoms with E-state index < -0.39 is 5.97 Å². The first kappa shape index (κ1) is 11.8. The van der Waals surface area contributed by atoms with Gasteiger partial charge in [0.15, 0.2) is 0 Å². The van der Waals surface area contributed by atoms with Crippen LogP contribution in [0.25, 0.3) is 0 Å². The Morgan fingerprint density at radius 2 is 2.12 bits per heavy atom. The second-order valence-electron chi connectivity index (χ2n) is 3.29. The maximum Gasteiger partial charge on any atom is 0.339 e. The molecule has 1 rings (SSSR count). The lowest BCUT2D eigenvalue weighted by Crippen LogP contribution is -2.11. The van der Waals surface area contributed by atoms with E-state index in [0.717, 1.165) is 5.70 Å². The molecule has 0 aliphatic carbocycles. The van der Waals surface area contributed by atoms with Crippen LogP contribution in [-0.2, 0) is 0 Å². The van der Waals surface area contributed by atoms with Crippen LogP contribution < -0.4 is 4.90 Å². The highest BCUT2D eigenvalue weighted by Crippen LogP contribution is 2.26. The summed E-state index contributed by atoms with van der Waals surface area (Å²) in [6.07, 6.45) is 1.54. The zero-order valence-electron chi connectivity index (χ0n) is 8.97. The van der Waals surface area contributed by atoms with Gasteiger partial charge < -0.3 is 15.1 Å². The Hall–Kier alpha value is -2.23. The first-order chi connectivity index (χ1) is 7.47. The number of allylic oxidation sites excluding steroid dienone is 1. The molecule has 0 radical (unpaired) electrons. The van der Waals surface area contributed by atoms with Gasteiger partial charge in [-0.05, 0) is 19.1 Å². The molecular formula is C12H13NO3. The van der Waals surface area contributed by atoms with Crippen molar-refractivity contribution < 1.29 is 15.0 Å². The van der Waals surface area contributed by atoms with Gasteiger partial charge in [-0.25, -0.2) is 4.79 Å². The summed E-state index contributed by atoms with van der Waals surface area (Å²) < 4.78 is 0. The first-order valence-electron chi connectivity index (χ1n) is 4.61. The van der Waals surface area contributed by atoms with Gasteiger partial charge in [0, 0.05) is 23.7 Å². The molecular weight excluding hydrogens is 206 g/mol. The van der Waals surface area contributed by atoms with E-state index in [0.29, 0.717) is 5.69 Å². The minimum absolute atomic E-state index is 0.130. The fraction of sp³-hybridized carbons (Fsp3) is 0.0833. The molecule has 4 nitrogen and oxygen atoms in total. The molecule has 0 aliphatic rings. The van der Waals surface area contributed by atoms with Crippen molar-refractivity contribution in [3.8, 4) is 5.75 Å². The largest absolute Gasteiger partial charge is 0.507 e. The van der Waals surface area contributed by atoms with Gasteiger partial charge in [0.25, 0.3) is 0 Å². The van der Waals surface area contributed by atoms with Crippen LogP contribution in [0.15, 0.2) is 43.3 Å². The van der Waals surface area contributed by atoms with Gasteiger partial charge in [-0.15, -0.1) is 0 Å². The van der Waals surface area contributed by atoms with Crippen LogP contribution >= 0.6 is 0 Å². The Morgan fingerprint density at radius 1 is 1.50 bits per heavy atom. The summed E-state index contributed by atoms with van der Waals surface area (Å²) in [7, 11) is 0. The molecule has 0 atom stereocenters.